The highest BCUT2D eigenvalue weighted by Gasteiger charge is 2.55. The van der Waals surface area contributed by atoms with Crippen molar-refractivity contribution in [2.24, 2.45) is 0 Å². The maximum atomic E-state index is 7.23. The standard InChI is InChI=1S/C48H33BN2OSi/c1-6-18-34(19-7-1)50(35-20-8-2-9-21-35)37-32-41-46-43(33-37)52-42-29-17-31-45-48(42)49(46)47-40(51(41)36-22-10-3-11-23-36)28-16-30-44(47)53(45,38-24-12-4-13-25-38)39-26-14-5-15-27-39/h1-33H. The van der Waals surface area contributed by atoms with Crippen LogP contribution in [0.5, 0.6) is 11.5 Å². The van der Waals surface area contributed by atoms with Crippen LogP contribution >= 0.6 is 0 Å². The molecule has 8 aromatic rings. The van der Waals surface area contributed by atoms with Crippen molar-refractivity contribution in [1.29, 1.82) is 0 Å². The Balaban J connectivity index is 1.26. The molecule has 0 radical (unpaired) electrons. The molecule has 0 spiro atoms. The summed E-state index contributed by atoms with van der Waals surface area (Å²) in [4.78, 5) is 4.83. The minimum atomic E-state index is -2.82. The number of para-hydroxylation sites is 3. The van der Waals surface area contributed by atoms with Crippen LogP contribution in [-0.2, 0) is 0 Å². The van der Waals surface area contributed by atoms with E-state index in [0.29, 0.717) is 0 Å². The number of anilines is 6. The van der Waals surface area contributed by atoms with Crippen LogP contribution in [0.1, 0.15) is 0 Å². The van der Waals surface area contributed by atoms with E-state index in [1.54, 1.807) is 0 Å². The Kier molecular flexibility index (Phi) is 6.67. The predicted molar refractivity (Wildman–Crippen MR) is 224 cm³/mol. The lowest BCUT2D eigenvalue weighted by molar-refractivity contribution is 0.488. The summed E-state index contributed by atoms with van der Waals surface area (Å²) in [6, 6.07) is 73.1. The summed E-state index contributed by atoms with van der Waals surface area (Å²) in [7, 11) is -2.82. The molecule has 8 aromatic carbocycles. The van der Waals surface area contributed by atoms with Crippen LogP contribution in [0.15, 0.2) is 200 Å². The molecule has 0 atom stereocenters. The van der Waals surface area contributed by atoms with Gasteiger partial charge in [0.1, 0.15) is 11.5 Å². The molecule has 0 aliphatic carbocycles. The van der Waals surface area contributed by atoms with Gasteiger partial charge in [0.2, 0.25) is 0 Å². The van der Waals surface area contributed by atoms with Crippen LogP contribution in [-0.4, -0.2) is 14.8 Å². The van der Waals surface area contributed by atoms with Crippen LogP contribution in [0.3, 0.4) is 0 Å². The molecule has 3 nitrogen and oxygen atoms in total. The van der Waals surface area contributed by atoms with Crippen molar-refractivity contribution in [1.82, 2.24) is 0 Å². The summed E-state index contributed by atoms with van der Waals surface area (Å²) in [6.45, 7) is 0.0233. The van der Waals surface area contributed by atoms with E-state index >= 15 is 0 Å². The quantitative estimate of drug-likeness (QED) is 0.171. The summed E-state index contributed by atoms with van der Waals surface area (Å²) in [5.74, 6) is 1.85. The summed E-state index contributed by atoms with van der Waals surface area (Å²) in [5.41, 5.74) is 10.7. The highest BCUT2D eigenvalue weighted by molar-refractivity contribution is 7.27. The molecule has 0 saturated heterocycles. The Bertz CT molecular complexity index is 2580. The molecule has 3 heterocycles. The molecule has 3 aliphatic heterocycles. The molecule has 0 N–H and O–H groups in total. The third kappa shape index (κ3) is 4.29. The Labute approximate surface area is 311 Å². The van der Waals surface area contributed by atoms with Crippen molar-refractivity contribution in [2.45, 2.75) is 0 Å². The normalized spacial score (nSPS) is 13.9. The zero-order valence-corrected chi connectivity index (χ0v) is 29.9. The minimum Gasteiger partial charge on any atom is -0.458 e. The largest absolute Gasteiger partial charge is 0.458 e. The lowest BCUT2D eigenvalue weighted by atomic mass is 9.34. The number of rotatable bonds is 6. The first kappa shape index (κ1) is 30.1. The zero-order valence-electron chi connectivity index (χ0n) is 28.9. The van der Waals surface area contributed by atoms with Gasteiger partial charge in [-0.15, -0.1) is 0 Å². The fraction of sp³-hybridized carbons (Fsp3) is 0. The molecular formula is C48H33BN2OSi. The Hall–Kier alpha value is -6.56. The van der Waals surface area contributed by atoms with E-state index in [9.17, 15) is 0 Å². The van der Waals surface area contributed by atoms with Crippen molar-refractivity contribution in [3.8, 4) is 11.5 Å². The SMILES string of the molecule is c1ccc(N(c2ccccc2)c2cc3c4c(c2)N(c2ccccc2)c2cccc5c2B4c2c(cccc2[Si]5(c2ccccc2)c2ccccc2)O3)cc1. The van der Waals surface area contributed by atoms with Crippen LogP contribution in [0.4, 0.5) is 34.1 Å². The second kappa shape index (κ2) is 11.7. The summed E-state index contributed by atoms with van der Waals surface area (Å²) in [6.07, 6.45) is 0. The molecule has 0 fully saturated rings. The third-order valence-electron chi connectivity index (χ3n) is 11.3. The minimum absolute atomic E-state index is 0.0233. The van der Waals surface area contributed by atoms with E-state index in [2.05, 4.69) is 210 Å². The molecule has 0 bridgehead atoms. The highest BCUT2D eigenvalue weighted by Crippen LogP contribution is 2.45. The lowest BCUT2D eigenvalue weighted by Gasteiger charge is -2.49. The first-order valence-electron chi connectivity index (χ1n) is 18.3. The molecule has 0 saturated carbocycles. The smallest absolute Gasteiger partial charge is 0.256 e. The monoisotopic (exact) mass is 692 g/mol. The zero-order chi connectivity index (χ0) is 34.9. The fourth-order valence-corrected chi connectivity index (χ4v) is 14.7. The Morgan fingerprint density at radius 3 is 1.55 bits per heavy atom. The van der Waals surface area contributed by atoms with Gasteiger partial charge < -0.3 is 14.5 Å². The van der Waals surface area contributed by atoms with E-state index in [4.69, 9.17) is 4.74 Å². The van der Waals surface area contributed by atoms with Crippen LogP contribution in [0, 0.1) is 0 Å². The van der Waals surface area contributed by atoms with Crippen molar-refractivity contribution in [3.05, 3.63) is 200 Å². The van der Waals surface area contributed by atoms with E-state index < -0.39 is 8.07 Å². The van der Waals surface area contributed by atoms with Crippen LogP contribution < -0.4 is 51.7 Å². The van der Waals surface area contributed by atoms with E-state index in [0.717, 1.165) is 39.9 Å². The second-order valence-corrected chi connectivity index (χ2v) is 17.8. The molecular weight excluding hydrogens is 659 g/mol. The molecule has 0 amide bonds. The fourth-order valence-electron chi connectivity index (χ4n) is 9.37. The van der Waals surface area contributed by atoms with Gasteiger partial charge >= 0.3 is 0 Å². The van der Waals surface area contributed by atoms with Gasteiger partial charge in [-0.05, 0) is 91.7 Å². The van der Waals surface area contributed by atoms with Crippen molar-refractivity contribution in [2.75, 3.05) is 9.80 Å². The average molecular weight is 693 g/mol. The van der Waals surface area contributed by atoms with Crippen LogP contribution in [0.2, 0.25) is 0 Å². The molecule has 248 valence electrons. The van der Waals surface area contributed by atoms with Gasteiger partial charge in [-0.25, -0.2) is 0 Å². The predicted octanol–water partition coefficient (Wildman–Crippen LogP) is 7.25. The first-order valence-corrected chi connectivity index (χ1v) is 20.3. The van der Waals surface area contributed by atoms with Gasteiger partial charge in [-0.1, -0.05) is 140 Å². The van der Waals surface area contributed by atoms with E-state index in [1.165, 1.54) is 42.8 Å². The number of benzene rings is 8. The highest BCUT2D eigenvalue weighted by atomic mass is 28.3. The number of nitrogens with zero attached hydrogens (tertiary/aromatic N) is 2. The van der Waals surface area contributed by atoms with Crippen molar-refractivity contribution >= 4 is 86.0 Å². The number of hydrogen-bond acceptors (Lipinski definition) is 3. The lowest BCUT2D eigenvalue weighted by Crippen LogP contribution is -2.87. The summed E-state index contributed by atoms with van der Waals surface area (Å²) in [5, 5.41) is 5.61. The average Bonchev–Trinajstić information content (AvgIpc) is 3.23. The Morgan fingerprint density at radius 1 is 0.415 bits per heavy atom. The summed E-state index contributed by atoms with van der Waals surface area (Å²) < 4.78 is 7.23. The summed E-state index contributed by atoms with van der Waals surface area (Å²) >= 11 is 0. The van der Waals surface area contributed by atoms with E-state index in [1.807, 2.05) is 0 Å². The number of hydrogen-bond donors (Lipinski definition) is 0. The molecule has 11 rings (SSSR count). The number of ether oxygens (including phenoxy) is 1. The molecule has 0 aromatic heterocycles. The van der Waals surface area contributed by atoms with Gasteiger partial charge in [0.25, 0.3) is 6.71 Å². The van der Waals surface area contributed by atoms with Gasteiger partial charge in [0.05, 0.1) is 5.69 Å². The second-order valence-electron chi connectivity index (χ2n) is 14.0. The van der Waals surface area contributed by atoms with Crippen LogP contribution in [0.25, 0.3) is 0 Å². The van der Waals surface area contributed by atoms with Gasteiger partial charge in [0, 0.05) is 34.5 Å². The Morgan fingerprint density at radius 2 is 0.943 bits per heavy atom. The topological polar surface area (TPSA) is 15.7 Å². The third-order valence-corrected chi connectivity index (χ3v) is 16.2. The maximum Gasteiger partial charge on any atom is 0.256 e. The van der Waals surface area contributed by atoms with Gasteiger partial charge in [-0.2, -0.15) is 0 Å². The maximum absolute atomic E-state index is 7.23. The molecule has 53 heavy (non-hydrogen) atoms. The van der Waals surface area contributed by atoms with Crippen molar-refractivity contribution < 1.29 is 4.74 Å². The first-order chi connectivity index (χ1) is 26.3. The van der Waals surface area contributed by atoms with E-state index in [-0.39, 0.29) is 6.71 Å². The van der Waals surface area contributed by atoms with Crippen molar-refractivity contribution in [3.63, 3.8) is 0 Å². The van der Waals surface area contributed by atoms with Gasteiger partial charge in [-0.3, -0.25) is 0 Å². The molecule has 0 unspecified atom stereocenters. The molecule has 3 aliphatic rings. The molecule has 5 heteroatoms. The van der Waals surface area contributed by atoms with Gasteiger partial charge in [0.15, 0.2) is 8.07 Å².